The van der Waals surface area contributed by atoms with E-state index in [0.717, 1.165) is 12.0 Å². The molecule has 0 amide bonds. The topological polar surface area (TPSA) is 26.3 Å². The molecule has 0 saturated heterocycles. The average Bonchev–Trinajstić information content (AvgIpc) is 2.25. The second-order valence-corrected chi connectivity index (χ2v) is 4.54. The molecule has 0 N–H and O–H groups in total. The van der Waals surface area contributed by atoms with Gasteiger partial charge in [0.05, 0.1) is 0 Å². The maximum atomic E-state index is 10.5. The quantitative estimate of drug-likeness (QED) is 0.727. The van der Waals surface area contributed by atoms with Gasteiger partial charge in [-0.3, -0.25) is 4.79 Å². The minimum Gasteiger partial charge on any atom is -0.462 e. The Morgan fingerprint density at radius 3 is 2.47 bits per heavy atom. The van der Waals surface area contributed by atoms with E-state index in [1.807, 2.05) is 12.2 Å². The normalized spacial score (nSPS) is 11.1. The van der Waals surface area contributed by atoms with E-state index in [-0.39, 0.29) is 5.97 Å². The van der Waals surface area contributed by atoms with Crippen molar-refractivity contribution < 1.29 is 9.53 Å². The first-order chi connectivity index (χ1) is 8.08. The van der Waals surface area contributed by atoms with Gasteiger partial charge in [0.2, 0.25) is 0 Å². The van der Waals surface area contributed by atoms with Crippen molar-refractivity contribution >= 4 is 12.0 Å². The lowest BCUT2D eigenvalue weighted by atomic mass is 10.0. The van der Waals surface area contributed by atoms with E-state index in [2.05, 4.69) is 38.1 Å². The summed E-state index contributed by atoms with van der Waals surface area (Å²) in [5, 5.41) is 0. The van der Waals surface area contributed by atoms with Crippen LogP contribution in [-0.2, 0) is 16.0 Å². The fourth-order valence-electron chi connectivity index (χ4n) is 1.59. The van der Waals surface area contributed by atoms with Crippen LogP contribution in [0.4, 0.5) is 0 Å². The number of rotatable bonds is 5. The van der Waals surface area contributed by atoms with Gasteiger partial charge in [-0.15, -0.1) is 0 Å². The maximum absolute atomic E-state index is 10.5. The Hall–Kier alpha value is -1.57. The molecule has 0 radical (unpaired) electrons. The molecule has 0 bridgehead atoms. The van der Waals surface area contributed by atoms with Gasteiger partial charge in [-0.1, -0.05) is 44.2 Å². The van der Waals surface area contributed by atoms with Crippen LogP contribution in [0.5, 0.6) is 0 Å². The van der Waals surface area contributed by atoms with E-state index < -0.39 is 0 Å². The molecule has 17 heavy (non-hydrogen) atoms. The van der Waals surface area contributed by atoms with Crippen molar-refractivity contribution in [2.75, 3.05) is 6.61 Å². The number of carbonyl (C=O) groups is 1. The fourth-order valence-corrected chi connectivity index (χ4v) is 1.59. The molecule has 92 valence electrons. The Kier molecular flexibility index (Phi) is 5.47. The molecule has 0 atom stereocenters. The van der Waals surface area contributed by atoms with Crippen molar-refractivity contribution in [2.45, 2.75) is 27.2 Å². The molecule has 2 nitrogen and oxygen atoms in total. The molecule has 1 rings (SSSR count). The first-order valence-electron chi connectivity index (χ1n) is 5.97. The second-order valence-electron chi connectivity index (χ2n) is 4.54. The monoisotopic (exact) mass is 232 g/mol. The standard InChI is InChI=1S/C15H20O2/c1-12(2)11-15-8-6-14(7-9-15)5-4-10-17-13(3)16/h4-9,12H,10-11H2,1-3H3/b5-4+. The predicted octanol–water partition coefficient (Wildman–Crippen LogP) is 3.46. The fraction of sp³-hybridized carbons (Fsp3) is 0.400. The largest absolute Gasteiger partial charge is 0.462 e. The Labute approximate surface area is 103 Å². The zero-order chi connectivity index (χ0) is 12.7. The average molecular weight is 232 g/mol. The highest BCUT2D eigenvalue weighted by Crippen LogP contribution is 2.10. The molecule has 0 unspecified atom stereocenters. The summed E-state index contributed by atoms with van der Waals surface area (Å²) < 4.78 is 4.81. The first-order valence-corrected chi connectivity index (χ1v) is 5.97. The summed E-state index contributed by atoms with van der Waals surface area (Å²) in [4.78, 5) is 10.5. The summed E-state index contributed by atoms with van der Waals surface area (Å²) in [7, 11) is 0. The highest BCUT2D eigenvalue weighted by atomic mass is 16.5. The first kappa shape index (κ1) is 13.5. The van der Waals surface area contributed by atoms with Gasteiger partial charge in [-0.05, 0) is 29.5 Å². The zero-order valence-electron chi connectivity index (χ0n) is 10.8. The molecular formula is C15H20O2. The second kappa shape index (κ2) is 6.89. The number of hydrogen-bond donors (Lipinski definition) is 0. The molecule has 1 aromatic carbocycles. The zero-order valence-corrected chi connectivity index (χ0v) is 10.8. The van der Waals surface area contributed by atoms with Crippen LogP contribution >= 0.6 is 0 Å². The van der Waals surface area contributed by atoms with Crippen molar-refractivity contribution in [2.24, 2.45) is 5.92 Å². The third kappa shape index (κ3) is 5.91. The molecule has 0 aliphatic carbocycles. The summed E-state index contributed by atoms with van der Waals surface area (Å²) >= 11 is 0. The van der Waals surface area contributed by atoms with Crippen LogP contribution in [-0.4, -0.2) is 12.6 Å². The van der Waals surface area contributed by atoms with E-state index >= 15 is 0 Å². The van der Waals surface area contributed by atoms with Crippen LogP contribution in [0.2, 0.25) is 0 Å². The van der Waals surface area contributed by atoms with E-state index in [0.29, 0.717) is 12.5 Å². The van der Waals surface area contributed by atoms with E-state index in [1.54, 1.807) is 0 Å². The summed E-state index contributed by atoms with van der Waals surface area (Å²) in [6.07, 6.45) is 4.92. The van der Waals surface area contributed by atoms with Crippen molar-refractivity contribution in [1.82, 2.24) is 0 Å². The number of hydrogen-bond acceptors (Lipinski definition) is 2. The third-order valence-corrected chi connectivity index (χ3v) is 2.32. The molecule has 0 spiro atoms. The van der Waals surface area contributed by atoms with Crippen molar-refractivity contribution in [3.63, 3.8) is 0 Å². The van der Waals surface area contributed by atoms with Crippen LogP contribution in [0.1, 0.15) is 31.9 Å². The van der Waals surface area contributed by atoms with Gasteiger partial charge in [0, 0.05) is 6.92 Å². The molecule has 0 aromatic heterocycles. The molecule has 2 heteroatoms. The van der Waals surface area contributed by atoms with Crippen molar-refractivity contribution in [3.05, 3.63) is 41.5 Å². The minimum absolute atomic E-state index is 0.248. The van der Waals surface area contributed by atoms with Crippen LogP contribution in [0, 0.1) is 5.92 Å². The highest BCUT2D eigenvalue weighted by molar-refractivity contribution is 5.66. The van der Waals surface area contributed by atoms with Gasteiger partial charge in [-0.25, -0.2) is 0 Å². The smallest absolute Gasteiger partial charge is 0.302 e. The minimum atomic E-state index is -0.248. The van der Waals surface area contributed by atoms with Gasteiger partial charge in [0.15, 0.2) is 0 Å². The molecule has 0 fully saturated rings. The van der Waals surface area contributed by atoms with Crippen molar-refractivity contribution in [3.8, 4) is 0 Å². The Morgan fingerprint density at radius 2 is 1.94 bits per heavy atom. The van der Waals surface area contributed by atoms with Gasteiger partial charge < -0.3 is 4.74 Å². The Bertz CT molecular complexity index is 374. The SMILES string of the molecule is CC(=O)OC/C=C/c1ccc(CC(C)C)cc1. The van der Waals surface area contributed by atoms with Crippen LogP contribution in [0.25, 0.3) is 6.08 Å². The maximum Gasteiger partial charge on any atom is 0.302 e. The lowest BCUT2D eigenvalue weighted by Crippen LogP contribution is -1.97. The summed E-state index contributed by atoms with van der Waals surface area (Å²) in [6.45, 7) is 6.18. The van der Waals surface area contributed by atoms with Gasteiger partial charge in [0.25, 0.3) is 0 Å². The van der Waals surface area contributed by atoms with Crippen LogP contribution < -0.4 is 0 Å². The molecule has 0 heterocycles. The van der Waals surface area contributed by atoms with Gasteiger partial charge in [0.1, 0.15) is 6.61 Å². The number of carbonyl (C=O) groups excluding carboxylic acids is 1. The number of ether oxygens (including phenoxy) is 1. The highest BCUT2D eigenvalue weighted by Gasteiger charge is 1.96. The molecule has 0 saturated carbocycles. The van der Waals surface area contributed by atoms with Crippen LogP contribution in [0.3, 0.4) is 0 Å². The number of benzene rings is 1. The van der Waals surface area contributed by atoms with Crippen LogP contribution in [0.15, 0.2) is 30.3 Å². The molecular weight excluding hydrogens is 212 g/mol. The number of esters is 1. The predicted molar refractivity (Wildman–Crippen MR) is 70.7 cm³/mol. The van der Waals surface area contributed by atoms with E-state index in [1.165, 1.54) is 12.5 Å². The summed E-state index contributed by atoms with van der Waals surface area (Å²) in [6, 6.07) is 8.46. The summed E-state index contributed by atoms with van der Waals surface area (Å²) in [5.74, 6) is 0.433. The molecule has 0 aliphatic heterocycles. The third-order valence-electron chi connectivity index (χ3n) is 2.32. The Balaban J connectivity index is 2.47. The van der Waals surface area contributed by atoms with Gasteiger partial charge in [-0.2, -0.15) is 0 Å². The lowest BCUT2D eigenvalue weighted by molar-refractivity contribution is -0.139. The van der Waals surface area contributed by atoms with Gasteiger partial charge >= 0.3 is 5.97 Å². The Morgan fingerprint density at radius 1 is 1.29 bits per heavy atom. The lowest BCUT2D eigenvalue weighted by Gasteiger charge is -2.04. The van der Waals surface area contributed by atoms with E-state index in [9.17, 15) is 4.79 Å². The summed E-state index contributed by atoms with van der Waals surface area (Å²) in [5.41, 5.74) is 2.49. The molecule has 1 aromatic rings. The van der Waals surface area contributed by atoms with E-state index in [4.69, 9.17) is 4.74 Å². The van der Waals surface area contributed by atoms with Crippen molar-refractivity contribution in [1.29, 1.82) is 0 Å². The molecule has 0 aliphatic rings.